The van der Waals surface area contributed by atoms with Crippen LogP contribution in [0, 0.1) is 0 Å². The lowest BCUT2D eigenvalue weighted by atomic mass is 10.1. The van der Waals surface area contributed by atoms with Crippen molar-refractivity contribution in [2.24, 2.45) is 0 Å². The Labute approximate surface area is 75.0 Å². The summed E-state index contributed by atoms with van der Waals surface area (Å²) in [6.07, 6.45) is 0.768. The van der Waals surface area contributed by atoms with Crippen molar-refractivity contribution in [3.63, 3.8) is 0 Å². The Morgan fingerprint density at radius 2 is 2.46 bits per heavy atom. The Morgan fingerprint density at radius 3 is 2.92 bits per heavy atom. The van der Waals surface area contributed by atoms with Gasteiger partial charge < -0.3 is 10.1 Å². The van der Waals surface area contributed by atoms with Gasteiger partial charge in [0.05, 0.1) is 5.69 Å². The molecule has 0 amide bonds. The van der Waals surface area contributed by atoms with E-state index in [-0.39, 0.29) is 11.7 Å². The molecule has 5 heteroatoms. The van der Waals surface area contributed by atoms with Crippen LogP contribution in [0.25, 0.3) is 5.53 Å². The minimum absolute atomic E-state index is 0.0847. The van der Waals surface area contributed by atoms with Gasteiger partial charge in [-0.2, -0.15) is 4.79 Å². The van der Waals surface area contributed by atoms with Gasteiger partial charge >= 0.3 is 12.0 Å². The maximum atomic E-state index is 11.0. The van der Waals surface area contributed by atoms with Gasteiger partial charge in [-0.25, -0.2) is 0 Å². The standard InChI is InChI=1S/C8H9N3O2/c1-5(2)6-3-8(13-11-6)7(12)4-10-9/h3-5H,1-2H3. The van der Waals surface area contributed by atoms with E-state index in [1.54, 1.807) is 0 Å². The van der Waals surface area contributed by atoms with Crippen LogP contribution < -0.4 is 0 Å². The summed E-state index contributed by atoms with van der Waals surface area (Å²) in [6, 6.07) is 1.54. The zero-order valence-electron chi connectivity index (χ0n) is 7.39. The van der Waals surface area contributed by atoms with E-state index in [1.807, 2.05) is 13.8 Å². The lowest BCUT2D eigenvalue weighted by Crippen LogP contribution is -1.98. The average molecular weight is 179 g/mol. The minimum Gasteiger partial charge on any atom is -0.361 e. The molecular weight excluding hydrogens is 170 g/mol. The van der Waals surface area contributed by atoms with E-state index < -0.39 is 5.78 Å². The third kappa shape index (κ3) is 2.10. The number of hydrogen-bond donors (Lipinski definition) is 0. The van der Waals surface area contributed by atoms with E-state index in [2.05, 4.69) is 9.95 Å². The quantitative estimate of drug-likeness (QED) is 0.303. The van der Waals surface area contributed by atoms with Crippen LogP contribution in [0.2, 0.25) is 0 Å². The maximum absolute atomic E-state index is 11.0. The first-order valence-corrected chi connectivity index (χ1v) is 3.83. The van der Waals surface area contributed by atoms with Crippen LogP contribution in [0.5, 0.6) is 0 Å². The fraction of sp³-hybridized carbons (Fsp3) is 0.375. The van der Waals surface area contributed by atoms with E-state index in [4.69, 9.17) is 10.1 Å². The van der Waals surface area contributed by atoms with E-state index in [0.717, 1.165) is 6.21 Å². The number of hydrogen-bond acceptors (Lipinski definition) is 3. The highest BCUT2D eigenvalue weighted by Gasteiger charge is 2.15. The SMILES string of the molecule is CC(C)c1cc(C(=O)C=[N+]=[N-])on1. The predicted molar refractivity (Wildman–Crippen MR) is 44.6 cm³/mol. The van der Waals surface area contributed by atoms with E-state index >= 15 is 0 Å². The Morgan fingerprint density at radius 1 is 1.77 bits per heavy atom. The summed E-state index contributed by atoms with van der Waals surface area (Å²) >= 11 is 0. The molecule has 0 saturated carbocycles. The molecule has 0 saturated heterocycles. The predicted octanol–water partition coefficient (Wildman–Crippen LogP) is 1.28. The fourth-order valence-corrected chi connectivity index (χ4v) is 0.793. The number of ketones is 1. The second-order valence-electron chi connectivity index (χ2n) is 2.88. The van der Waals surface area contributed by atoms with Crippen molar-refractivity contribution in [2.75, 3.05) is 0 Å². The number of carbonyl (C=O) groups excluding carboxylic acids is 1. The molecule has 1 rings (SSSR count). The van der Waals surface area contributed by atoms with Gasteiger partial charge in [-0.05, 0) is 5.92 Å². The third-order valence-electron chi connectivity index (χ3n) is 1.54. The van der Waals surface area contributed by atoms with E-state index in [0.29, 0.717) is 5.69 Å². The zero-order chi connectivity index (χ0) is 9.84. The summed E-state index contributed by atoms with van der Waals surface area (Å²) in [6.45, 7) is 3.87. The molecular formula is C8H9N3O2. The largest absolute Gasteiger partial charge is 0.361 e. The van der Waals surface area contributed by atoms with Crippen LogP contribution in [0.15, 0.2) is 10.6 Å². The van der Waals surface area contributed by atoms with E-state index in [1.165, 1.54) is 6.07 Å². The Balaban J connectivity index is 2.91. The van der Waals surface area contributed by atoms with E-state index in [9.17, 15) is 4.79 Å². The molecule has 0 aromatic carbocycles. The second-order valence-corrected chi connectivity index (χ2v) is 2.88. The smallest absolute Gasteiger partial charge is 0.331 e. The normalized spacial score (nSPS) is 9.77. The molecule has 0 radical (unpaired) electrons. The van der Waals surface area contributed by atoms with Crippen molar-refractivity contribution in [2.45, 2.75) is 19.8 Å². The van der Waals surface area contributed by atoms with Gasteiger partial charge in [-0.15, -0.1) is 0 Å². The Hall–Kier alpha value is -1.74. The van der Waals surface area contributed by atoms with Crippen molar-refractivity contribution < 1.29 is 14.1 Å². The summed E-state index contributed by atoms with van der Waals surface area (Å²) in [7, 11) is 0. The molecule has 1 aromatic rings. The molecule has 1 aromatic heterocycles. The van der Waals surface area contributed by atoms with Crippen molar-refractivity contribution in [1.29, 1.82) is 0 Å². The maximum Gasteiger partial charge on any atom is 0.331 e. The van der Waals surface area contributed by atoms with Crippen molar-refractivity contribution >= 4 is 12.0 Å². The Bertz CT molecular complexity index is 361. The zero-order valence-corrected chi connectivity index (χ0v) is 7.39. The third-order valence-corrected chi connectivity index (χ3v) is 1.54. The molecule has 0 aliphatic carbocycles. The van der Waals surface area contributed by atoms with Gasteiger partial charge in [-0.1, -0.05) is 19.0 Å². The minimum atomic E-state index is -0.498. The summed E-state index contributed by atoms with van der Waals surface area (Å²) in [5, 5.41) is 3.68. The van der Waals surface area contributed by atoms with Gasteiger partial charge in [-0.3, -0.25) is 4.79 Å². The van der Waals surface area contributed by atoms with Gasteiger partial charge in [0.1, 0.15) is 0 Å². The highest BCUT2D eigenvalue weighted by molar-refractivity contribution is 6.32. The summed E-state index contributed by atoms with van der Waals surface area (Å²) < 4.78 is 4.74. The number of aromatic nitrogens is 1. The van der Waals surface area contributed by atoms with Crippen LogP contribution in [-0.4, -0.2) is 21.9 Å². The molecule has 5 nitrogen and oxygen atoms in total. The second kappa shape index (κ2) is 3.78. The summed E-state index contributed by atoms with van der Waals surface area (Å²) in [4.78, 5) is 13.6. The molecule has 0 aliphatic heterocycles. The first-order chi connectivity index (χ1) is 6.15. The highest BCUT2D eigenvalue weighted by Crippen LogP contribution is 2.13. The number of Topliss-reactive ketones (excluding diaryl/α,β-unsaturated/α-hetero) is 1. The average Bonchev–Trinajstić information content (AvgIpc) is 2.52. The lowest BCUT2D eigenvalue weighted by molar-refractivity contribution is 0.00203. The fourth-order valence-electron chi connectivity index (χ4n) is 0.793. The number of rotatable bonds is 3. The molecule has 0 atom stereocenters. The first-order valence-electron chi connectivity index (χ1n) is 3.83. The number of carbonyl (C=O) groups is 1. The van der Waals surface area contributed by atoms with Gasteiger partial charge in [0.15, 0.2) is 0 Å². The van der Waals surface area contributed by atoms with Crippen molar-refractivity contribution in [3.8, 4) is 0 Å². The number of nitrogens with zero attached hydrogens (tertiary/aromatic N) is 3. The van der Waals surface area contributed by atoms with Crippen LogP contribution in [0.3, 0.4) is 0 Å². The summed E-state index contributed by atoms with van der Waals surface area (Å²) in [5.41, 5.74) is 8.80. The van der Waals surface area contributed by atoms with Gasteiger partial charge in [0.2, 0.25) is 5.76 Å². The molecule has 0 unspecified atom stereocenters. The van der Waals surface area contributed by atoms with Crippen LogP contribution in [0.1, 0.15) is 36.0 Å². The van der Waals surface area contributed by atoms with Crippen molar-refractivity contribution in [3.05, 3.63) is 23.1 Å². The lowest BCUT2D eigenvalue weighted by Gasteiger charge is -1.92. The molecule has 0 aliphatic rings. The van der Waals surface area contributed by atoms with Crippen LogP contribution >= 0.6 is 0 Å². The topological polar surface area (TPSA) is 79.5 Å². The monoisotopic (exact) mass is 179 g/mol. The molecule has 0 N–H and O–H groups in total. The first kappa shape index (κ1) is 9.35. The molecule has 0 bridgehead atoms. The van der Waals surface area contributed by atoms with Crippen LogP contribution in [0.4, 0.5) is 0 Å². The Kier molecular flexibility index (Phi) is 2.72. The van der Waals surface area contributed by atoms with Gasteiger partial charge in [0, 0.05) is 6.07 Å². The molecule has 0 spiro atoms. The van der Waals surface area contributed by atoms with Crippen LogP contribution in [-0.2, 0) is 0 Å². The summed E-state index contributed by atoms with van der Waals surface area (Å²) in [5.74, 6) is -0.209. The van der Waals surface area contributed by atoms with Crippen molar-refractivity contribution in [1.82, 2.24) is 5.16 Å². The molecule has 0 fully saturated rings. The highest BCUT2D eigenvalue weighted by atomic mass is 16.5. The molecule has 68 valence electrons. The molecule has 1 heterocycles. The molecule has 13 heavy (non-hydrogen) atoms. The van der Waals surface area contributed by atoms with Gasteiger partial charge in [0.25, 0.3) is 0 Å².